The number of hydrogen-bond acceptors (Lipinski definition) is 3. The summed E-state index contributed by atoms with van der Waals surface area (Å²) in [5.41, 5.74) is 0. The predicted molar refractivity (Wildman–Crippen MR) is 54.7 cm³/mol. The smallest absolute Gasteiger partial charge is 0.185 e. The molecule has 0 spiro atoms. The first kappa shape index (κ1) is 9.09. The predicted octanol–water partition coefficient (Wildman–Crippen LogP) is 3.24. The monoisotopic (exact) mass is 204 g/mol. The molecule has 0 unspecified atom stereocenters. The van der Waals surface area contributed by atoms with Crippen LogP contribution in [0.5, 0.6) is 0 Å². The molecule has 70 valence electrons. The Morgan fingerprint density at radius 2 is 1.86 bits per heavy atom. The lowest BCUT2D eigenvalue weighted by Gasteiger charge is -1.95. The largest absolute Gasteiger partial charge is 0.447 e. The lowest BCUT2D eigenvalue weighted by molar-refractivity contribution is 0.109. The van der Waals surface area contributed by atoms with Gasteiger partial charge in [0.1, 0.15) is 0 Å². The van der Waals surface area contributed by atoms with Gasteiger partial charge >= 0.3 is 0 Å². The maximum atomic E-state index is 10.4. The van der Waals surface area contributed by atoms with Gasteiger partial charge in [0.25, 0.3) is 0 Å². The highest BCUT2D eigenvalue weighted by atomic mass is 32.2. The van der Waals surface area contributed by atoms with Crippen molar-refractivity contribution in [2.75, 3.05) is 0 Å². The fourth-order valence-electron chi connectivity index (χ4n) is 1.06. The Labute approximate surface area is 85.9 Å². The number of carbonyl (C=O) groups is 1. The van der Waals surface area contributed by atoms with Crippen LogP contribution in [0.1, 0.15) is 10.6 Å². The van der Waals surface area contributed by atoms with Crippen LogP contribution in [-0.4, -0.2) is 6.29 Å². The summed E-state index contributed by atoms with van der Waals surface area (Å²) in [6, 6.07) is 13.3. The van der Waals surface area contributed by atoms with Gasteiger partial charge in [0.05, 0.1) is 0 Å². The molecule has 0 N–H and O–H groups in total. The molecule has 1 heterocycles. The van der Waals surface area contributed by atoms with Gasteiger partial charge in [-0.1, -0.05) is 30.0 Å². The van der Waals surface area contributed by atoms with Gasteiger partial charge in [-0.15, -0.1) is 0 Å². The zero-order valence-corrected chi connectivity index (χ0v) is 8.16. The Kier molecular flexibility index (Phi) is 2.70. The minimum absolute atomic E-state index is 0.364. The van der Waals surface area contributed by atoms with Crippen molar-refractivity contribution in [3.05, 3.63) is 48.2 Å². The summed E-state index contributed by atoms with van der Waals surface area (Å²) >= 11 is 1.50. The Balaban J connectivity index is 2.15. The van der Waals surface area contributed by atoms with E-state index in [1.165, 1.54) is 11.8 Å². The molecular formula is C11H8O2S. The molecule has 0 fully saturated rings. The van der Waals surface area contributed by atoms with Crippen molar-refractivity contribution in [1.29, 1.82) is 0 Å². The maximum Gasteiger partial charge on any atom is 0.185 e. The summed E-state index contributed by atoms with van der Waals surface area (Å²) in [5.74, 6) is 0.364. The summed E-state index contributed by atoms with van der Waals surface area (Å²) in [5, 5.41) is 0.735. The van der Waals surface area contributed by atoms with Crippen LogP contribution >= 0.6 is 11.8 Å². The molecule has 14 heavy (non-hydrogen) atoms. The third kappa shape index (κ3) is 2.06. The van der Waals surface area contributed by atoms with Crippen LogP contribution in [-0.2, 0) is 0 Å². The number of benzene rings is 1. The highest BCUT2D eigenvalue weighted by Crippen LogP contribution is 2.28. The zero-order chi connectivity index (χ0) is 9.80. The van der Waals surface area contributed by atoms with Gasteiger partial charge in [0.2, 0.25) is 0 Å². The van der Waals surface area contributed by atoms with Crippen LogP contribution in [0.25, 0.3) is 0 Å². The van der Waals surface area contributed by atoms with E-state index < -0.39 is 0 Å². The van der Waals surface area contributed by atoms with E-state index in [2.05, 4.69) is 0 Å². The molecule has 0 aliphatic rings. The topological polar surface area (TPSA) is 30.2 Å². The number of furan rings is 1. The Morgan fingerprint density at radius 3 is 2.50 bits per heavy atom. The van der Waals surface area contributed by atoms with Crippen molar-refractivity contribution in [3.63, 3.8) is 0 Å². The first-order valence-corrected chi connectivity index (χ1v) is 4.98. The average Bonchev–Trinajstić information content (AvgIpc) is 2.67. The van der Waals surface area contributed by atoms with Crippen LogP contribution in [0.15, 0.2) is 56.9 Å². The molecule has 0 atom stereocenters. The van der Waals surface area contributed by atoms with E-state index in [0.29, 0.717) is 12.0 Å². The zero-order valence-electron chi connectivity index (χ0n) is 7.34. The Hall–Kier alpha value is -1.48. The van der Waals surface area contributed by atoms with Crippen LogP contribution in [0.3, 0.4) is 0 Å². The summed E-state index contributed by atoms with van der Waals surface area (Å²) in [4.78, 5) is 11.5. The van der Waals surface area contributed by atoms with E-state index in [4.69, 9.17) is 4.42 Å². The average molecular weight is 204 g/mol. The molecule has 0 bridgehead atoms. The van der Waals surface area contributed by atoms with Gasteiger partial charge in [-0.05, 0) is 24.3 Å². The molecule has 0 aliphatic heterocycles. The van der Waals surface area contributed by atoms with Crippen molar-refractivity contribution >= 4 is 18.0 Å². The van der Waals surface area contributed by atoms with E-state index in [1.54, 1.807) is 12.1 Å². The summed E-state index contributed by atoms with van der Waals surface area (Å²) in [6.07, 6.45) is 0.703. The molecule has 2 aromatic rings. The Morgan fingerprint density at radius 1 is 1.07 bits per heavy atom. The summed E-state index contributed by atoms with van der Waals surface area (Å²) in [6.45, 7) is 0. The molecule has 2 rings (SSSR count). The van der Waals surface area contributed by atoms with Gasteiger partial charge in [0, 0.05) is 4.90 Å². The van der Waals surface area contributed by atoms with Gasteiger partial charge in [0.15, 0.2) is 17.1 Å². The molecule has 0 saturated heterocycles. The first-order valence-electron chi connectivity index (χ1n) is 4.16. The fourth-order valence-corrected chi connectivity index (χ4v) is 1.86. The van der Waals surface area contributed by atoms with Crippen molar-refractivity contribution in [3.8, 4) is 0 Å². The molecular weight excluding hydrogens is 196 g/mol. The minimum Gasteiger partial charge on any atom is -0.447 e. The number of aldehydes is 1. The SMILES string of the molecule is O=Cc1ccc(Sc2ccccc2)o1. The molecule has 1 aromatic heterocycles. The minimum atomic E-state index is 0.364. The fraction of sp³-hybridized carbons (Fsp3) is 0. The quantitative estimate of drug-likeness (QED) is 0.719. The second-order valence-electron chi connectivity index (χ2n) is 2.69. The molecule has 0 aliphatic carbocycles. The molecule has 2 nitrogen and oxygen atoms in total. The van der Waals surface area contributed by atoms with Gasteiger partial charge < -0.3 is 4.42 Å². The molecule has 3 heteroatoms. The second kappa shape index (κ2) is 4.15. The van der Waals surface area contributed by atoms with Crippen molar-refractivity contribution in [2.24, 2.45) is 0 Å². The Bertz CT molecular complexity index is 420. The maximum absolute atomic E-state index is 10.4. The van der Waals surface area contributed by atoms with Crippen LogP contribution in [0.4, 0.5) is 0 Å². The second-order valence-corrected chi connectivity index (χ2v) is 3.77. The van der Waals surface area contributed by atoms with Crippen molar-refractivity contribution in [1.82, 2.24) is 0 Å². The van der Waals surface area contributed by atoms with Crippen molar-refractivity contribution < 1.29 is 9.21 Å². The number of hydrogen-bond donors (Lipinski definition) is 0. The van der Waals surface area contributed by atoms with Crippen LogP contribution in [0.2, 0.25) is 0 Å². The molecule has 0 radical (unpaired) electrons. The van der Waals surface area contributed by atoms with E-state index in [0.717, 1.165) is 9.99 Å². The highest BCUT2D eigenvalue weighted by Gasteiger charge is 2.02. The number of carbonyl (C=O) groups excluding carboxylic acids is 1. The number of rotatable bonds is 3. The van der Waals surface area contributed by atoms with E-state index >= 15 is 0 Å². The third-order valence-corrected chi connectivity index (χ3v) is 2.61. The summed E-state index contributed by atoms with van der Waals surface area (Å²) < 4.78 is 5.23. The normalized spacial score (nSPS) is 10.0. The lowest BCUT2D eigenvalue weighted by Crippen LogP contribution is -1.69. The van der Waals surface area contributed by atoms with Crippen molar-refractivity contribution in [2.45, 2.75) is 9.99 Å². The lowest BCUT2D eigenvalue weighted by atomic mass is 10.4. The molecule has 0 saturated carbocycles. The van der Waals surface area contributed by atoms with Crippen LogP contribution in [0, 0.1) is 0 Å². The van der Waals surface area contributed by atoms with E-state index in [-0.39, 0.29) is 0 Å². The first-order chi connectivity index (χ1) is 6.88. The highest BCUT2D eigenvalue weighted by molar-refractivity contribution is 7.99. The van der Waals surface area contributed by atoms with E-state index in [9.17, 15) is 4.79 Å². The standard InChI is InChI=1S/C11H8O2S/c12-8-9-6-7-11(13-9)14-10-4-2-1-3-5-10/h1-8H. The van der Waals surface area contributed by atoms with Gasteiger partial charge in [-0.25, -0.2) is 0 Å². The molecule has 1 aromatic carbocycles. The van der Waals surface area contributed by atoms with Gasteiger partial charge in [-0.3, -0.25) is 4.79 Å². The molecule has 0 amide bonds. The van der Waals surface area contributed by atoms with Gasteiger partial charge in [-0.2, -0.15) is 0 Å². The summed E-state index contributed by atoms with van der Waals surface area (Å²) in [7, 11) is 0. The third-order valence-electron chi connectivity index (χ3n) is 1.68. The van der Waals surface area contributed by atoms with E-state index in [1.807, 2.05) is 30.3 Å². The van der Waals surface area contributed by atoms with Crippen LogP contribution < -0.4 is 0 Å².